The Morgan fingerprint density at radius 3 is 2.15 bits per heavy atom. The first-order valence-corrected chi connectivity index (χ1v) is 5.73. The number of benzene rings is 1. The molecule has 1 aromatic heterocycles. The smallest absolute Gasteiger partial charge is 0.227 e. The van der Waals surface area contributed by atoms with Gasteiger partial charge in [-0.05, 0) is 0 Å². The lowest BCUT2D eigenvalue weighted by Crippen LogP contribution is -1.89. The lowest BCUT2D eigenvalue weighted by Gasteiger charge is -2.03. The summed E-state index contributed by atoms with van der Waals surface area (Å²) in [4.78, 5) is 0. The molecule has 20 heavy (non-hydrogen) atoms. The number of rotatable bonds is 0. The van der Waals surface area contributed by atoms with Gasteiger partial charge in [0, 0.05) is 6.92 Å². The molecule has 6 nitrogen and oxygen atoms in total. The van der Waals surface area contributed by atoms with E-state index in [1.807, 2.05) is 0 Å². The summed E-state index contributed by atoms with van der Waals surface area (Å²) in [5.41, 5.74) is 5.43. The summed E-state index contributed by atoms with van der Waals surface area (Å²) >= 11 is 11.6. The van der Waals surface area contributed by atoms with Crippen LogP contribution in [0.5, 0.6) is 5.75 Å². The van der Waals surface area contributed by atoms with Crippen molar-refractivity contribution >= 4 is 39.9 Å². The fraction of sp³-hybridized carbons (Fsp3) is 0.0833. The molecule has 2 aromatic rings. The molecule has 0 saturated heterocycles. The monoisotopic (exact) mass is 308 g/mol. The highest BCUT2D eigenvalue weighted by Gasteiger charge is 2.24. The topological polar surface area (TPSA) is 131 Å². The number of halogens is 2. The number of fused-ring (bicyclic) bond motifs is 1. The molecule has 3 N–H and O–H groups in total. The molecule has 1 heterocycles. The molecule has 0 aliphatic heterocycles. The minimum atomic E-state index is -0.483. The lowest BCUT2D eigenvalue weighted by atomic mass is 10.1. The van der Waals surface area contributed by atoms with Crippen molar-refractivity contribution in [1.29, 1.82) is 15.8 Å². The van der Waals surface area contributed by atoms with Crippen LogP contribution in [0.15, 0.2) is 4.42 Å². The van der Waals surface area contributed by atoms with E-state index in [0.717, 1.165) is 0 Å². The van der Waals surface area contributed by atoms with E-state index in [1.165, 1.54) is 6.92 Å². The number of phenols is 1. The average molecular weight is 309 g/mol. The molecular weight excluding hydrogens is 303 g/mol. The Kier molecular flexibility index (Phi) is 4.67. The quantitative estimate of drug-likeness (QED) is 0.767. The minimum absolute atomic E-state index is 0.0140. The van der Waals surface area contributed by atoms with Crippen LogP contribution in [-0.2, 0) is 0 Å². The molecule has 0 bridgehead atoms. The first kappa shape index (κ1) is 15.5. The van der Waals surface area contributed by atoms with Crippen molar-refractivity contribution in [1.82, 2.24) is 0 Å². The highest BCUT2D eigenvalue weighted by molar-refractivity contribution is 6.46. The number of hydrogen-bond acceptors (Lipinski definition) is 6. The summed E-state index contributed by atoms with van der Waals surface area (Å²) in [6.07, 6.45) is 0. The zero-order valence-electron chi connectivity index (χ0n) is 10.0. The number of aromatic hydroxyl groups is 1. The first-order chi connectivity index (χ1) is 9.44. The Morgan fingerprint density at radius 1 is 1.15 bits per heavy atom. The number of phenolic OH excluding ortho intramolecular Hbond substituents is 1. The number of nitriles is 3. The van der Waals surface area contributed by atoms with Gasteiger partial charge in [-0.1, -0.05) is 23.2 Å². The van der Waals surface area contributed by atoms with Crippen LogP contribution in [0.25, 0.3) is 11.0 Å². The summed E-state index contributed by atoms with van der Waals surface area (Å²) in [6, 6.07) is 5.21. The van der Waals surface area contributed by atoms with E-state index >= 15 is 0 Å². The van der Waals surface area contributed by atoms with Gasteiger partial charge in [0.25, 0.3) is 0 Å². The Hall–Kier alpha value is -2.59. The minimum Gasteiger partial charge on any atom is -0.505 e. The Morgan fingerprint density at radius 2 is 1.70 bits per heavy atom. The van der Waals surface area contributed by atoms with Crippen molar-refractivity contribution in [2.45, 2.75) is 6.92 Å². The van der Waals surface area contributed by atoms with Crippen LogP contribution in [0.2, 0.25) is 10.0 Å². The van der Waals surface area contributed by atoms with E-state index in [0.29, 0.717) is 0 Å². The molecule has 0 saturated carbocycles. The van der Waals surface area contributed by atoms with Gasteiger partial charge in [-0.15, -0.1) is 0 Å². The maximum atomic E-state index is 9.66. The SMILES string of the molecule is CC#N.N#Cc1oc2c(Cl)c(Cl)c(O)c(C#N)c2c1N. The van der Waals surface area contributed by atoms with Gasteiger partial charge in [-0.3, -0.25) is 0 Å². The van der Waals surface area contributed by atoms with Gasteiger partial charge in [-0.25, -0.2) is 0 Å². The predicted molar refractivity (Wildman–Crippen MR) is 73.0 cm³/mol. The molecule has 0 fully saturated rings. The summed E-state index contributed by atoms with van der Waals surface area (Å²) in [5.74, 6) is -0.663. The Balaban J connectivity index is 0.000000612. The maximum absolute atomic E-state index is 9.66. The van der Waals surface area contributed by atoms with Crippen LogP contribution in [0.3, 0.4) is 0 Å². The predicted octanol–water partition coefficient (Wildman–Crippen LogP) is 3.30. The van der Waals surface area contributed by atoms with Crippen LogP contribution < -0.4 is 5.73 Å². The fourth-order valence-corrected chi connectivity index (χ4v) is 1.87. The molecule has 0 aliphatic carbocycles. The number of furan rings is 1. The maximum Gasteiger partial charge on any atom is 0.227 e. The molecule has 2 rings (SSSR count). The van der Waals surface area contributed by atoms with Crippen LogP contribution in [0.4, 0.5) is 5.69 Å². The molecule has 1 aromatic carbocycles. The highest BCUT2D eigenvalue weighted by Crippen LogP contribution is 2.45. The first-order valence-electron chi connectivity index (χ1n) is 4.97. The zero-order chi connectivity index (χ0) is 15.4. The molecule has 0 amide bonds. The van der Waals surface area contributed by atoms with Crippen LogP contribution in [0, 0.1) is 34.0 Å². The number of nitrogens with two attached hydrogens (primary N) is 1. The fourth-order valence-electron chi connectivity index (χ4n) is 1.47. The third-order valence-electron chi connectivity index (χ3n) is 2.25. The molecular formula is C12H6Cl2N4O2. The van der Waals surface area contributed by atoms with Gasteiger partial charge in [0.2, 0.25) is 5.76 Å². The van der Waals surface area contributed by atoms with E-state index < -0.39 is 5.75 Å². The number of anilines is 1. The van der Waals surface area contributed by atoms with E-state index in [-0.39, 0.29) is 38.0 Å². The molecule has 100 valence electrons. The number of hydrogen-bond donors (Lipinski definition) is 2. The summed E-state index contributed by atoms with van der Waals surface area (Å²) in [6.45, 7) is 1.43. The third-order valence-corrected chi connectivity index (χ3v) is 3.07. The molecule has 0 radical (unpaired) electrons. The largest absolute Gasteiger partial charge is 0.505 e. The van der Waals surface area contributed by atoms with Crippen molar-refractivity contribution in [2.24, 2.45) is 0 Å². The van der Waals surface area contributed by atoms with Gasteiger partial charge in [0.05, 0.1) is 17.1 Å². The van der Waals surface area contributed by atoms with Crippen molar-refractivity contribution in [2.75, 3.05) is 5.73 Å². The second-order valence-electron chi connectivity index (χ2n) is 3.35. The van der Waals surface area contributed by atoms with Gasteiger partial charge < -0.3 is 15.3 Å². The highest BCUT2D eigenvalue weighted by atomic mass is 35.5. The third kappa shape index (κ3) is 2.29. The summed E-state index contributed by atoms with van der Waals surface area (Å²) < 4.78 is 5.09. The average Bonchev–Trinajstić information content (AvgIpc) is 2.76. The van der Waals surface area contributed by atoms with E-state index in [2.05, 4.69) is 0 Å². The van der Waals surface area contributed by atoms with Gasteiger partial charge in [0.15, 0.2) is 11.3 Å². The summed E-state index contributed by atoms with van der Waals surface area (Å²) in [5, 5.41) is 34.5. The van der Waals surface area contributed by atoms with Crippen LogP contribution in [0.1, 0.15) is 18.2 Å². The van der Waals surface area contributed by atoms with E-state index in [1.54, 1.807) is 18.2 Å². The van der Waals surface area contributed by atoms with Gasteiger partial charge >= 0.3 is 0 Å². The number of nitrogen functional groups attached to an aromatic ring is 1. The van der Waals surface area contributed by atoms with E-state index in [9.17, 15) is 5.11 Å². The van der Waals surface area contributed by atoms with Crippen molar-refractivity contribution in [3.8, 4) is 24.0 Å². The van der Waals surface area contributed by atoms with Crippen molar-refractivity contribution in [3.05, 3.63) is 21.4 Å². The van der Waals surface area contributed by atoms with E-state index in [4.69, 9.17) is 49.1 Å². The molecule has 0 atom stereocenters. The molecule has 0 spiro atoms. The Labute approximate surface area is 123 Å². The molecule has 0 unspecified atom stereocenters. The zero-order valence-corrected chi connectivity index (χ0v) is 11.5. The Bertz CT molecular complexity index is 806. The standard InChI is InChI=1S/C10H3Cl2N3O2.C2H3N/c11-6-7(12)10-5(3(1-13)9(6)16)8(15)4(2-14)17-10;1-2-3/h16H,15H2;1H3. The second-order valence-corrected chi connectivity index (χ2v) is 4.10. The molecule has 8 heteroatoms. The number of nitrogens with zero attached hydrogens (tertiary/aromatic N) is 3. The molecule has 0 aliphatic rings. The van der Waals surface area contributed by atoms with Crippen molar-refractivity contribution < 1.29 is 9.52 Å². The van der Waals surface area contributed by atoms with Crippen LogP contribution in [-0.4, -0.2) is 5.11 Å². The van der Waals surface area contributed by atoms with Gasteiger partial charge in [-0.2, -0.15) is 15.8 Å². The normalized spacial score (nSPS) is 9.00. The summed E-state index contributed by atoms with van der Waals surface area (Å²) in [7, 11) is 0. The van der Waals surface area contributed by atoms with Crippen molar-refractivity contribution in [3.63, 3.8) is 0 Å². The van der Waals surface area contributed by atoms with Gasteiger partial charge in [0.1, 0.15) is 27.7 Å². The lowest BCUT2D eigenvalue weighted by molar-refractivity contribution is 0.474. The second kappa shape index (κ2) is 6.04. The van der Waals surface area contributed by atoms with Crippen LogP contribution >= 0.6 is 23.2 Å².